The molecule has 0 saturated heterocycles. The summed E-state index contributed by atoms with van der Waals surface area (Å²) in [5.74, 6) is -0.913. The summed E-state index contributed by atoms with van der Waals surface area (Å²) in [4.78, 5) is 12.8. The number of carbonyl (C=O) groups is 1. The number of hydrogen-bond donors (Lipinski definition) is 1. The van der Waals surface area contributed by atoms with E-state index in [1.807, 2.05) is 25.1 Å². The van der Waals surface area contributed by atoms with Gasteiger partial charge in [0.15, 0.2) is 5.69 Å². The van der Waals surface area contributed by atoms with Crippen LogP contribution in [0.5, 0.6) is 5.88 Å². The van der Waals surface area contributed by atoms with Gasteiger partial charge in [-0.25, -0.2) is 8.42 Å². The molecule has 168 valence electrons. The maximum atomic E-state index is 13.3. The van der Waals surface area contributed by atoms with Gasteiger partial charge in [-0.15, -0.1) is 10.2 Å². The van der Waals surface area contributed by atoms with Gasteiger partial charge >= 0.3 is 0 Å². The van der Waals surface area contributed by atoms with Gasteiger partial charge in [0.1, 0.15) is 6.54 Å². The van der Waals surface area contributed by atoms with Gasteiger partial charge in [0, 0.05) is 12.4 Å². The second-order valence-electron chi connectivity index (χ2n) is 7.51. The first kappa shape index (κ1) is 22.2. The van der Waals surface area contributed by atoms with Gasteiger partial charge in [-0.05, 0) is 42.8 Å². The minimum Gasteiger partial charge on any atom is -0.493 e. The molecule has 0 aliphatic rings. The zero-order valence-corrected chi connectivity index (χ0v) is 18.9. The smallest absolute Gasteiger partial charge is 0.285 e. The number of hydrogen-bond acceptors (Lipinski definition) is 5. The largest absolute Gasteiger partial charge is 0.493 e. The van der Waals surface area contributed by atoms with Crippen molar-refractivity contribution in [3.05, 3.63) is 84.4 Å². The topological polar surface area (TPSA) is 104 Å². The Morgan fingerprint density at radius 1 is 1.00 bits per heavy atom. The molecule has 0 atom stereocenters. The highest BCUT2D eigenvalue weighted by atomic mass is 32.2. The Labute approximate surface area is 191 Å². The van der Waals surface area contributed by atoms with Gasteiger partial charge in [-0.1, -0.05) is 48.5 Å². The summed E-state index contributed by atoms with van der Waals surface area (Å²) < 4.78 is 29.2. The highest BCUT2D eigenvalue weighted by molar-refractivity contribution is 7.92. The molecule has 0 bridgehead atoms. The van der Waals surface area contributed by atoms with Crippen LogP contribution in [0.2, 0.25) is 0 Å². The van der Waals surface area contributed by atoms with Crippen LogP contribution in [-0.2, 0) is 21.9 Å². The molecule has 33 heavy (non-hydrogen) atoms. The molecule has 0 aliphatic heterocycles. The Kier molecular flexibility index (Phi) is 5.97. The van der Waals surface area contributed by atoms with Crippen molar-refractivity contribution in [2.24, 2.45) is 17.3 Å². The third-order valence-corrected chi connectivity index (χ3v) is 7.00. The molecule has 1 heterocycles. The maximum absolute atomic E-state index is 13.3. The third-order valence-electron chi connectivity index (χ3n) is 5.21. The predicted molar refractivity (Wildman–Crippen MR) is 126 cm³/mol. The molecule has 1 amide bonds. The fraction of sp³-hybridized carbons (Fsp3) is 0.125. The number of azo groups is 1. The van der Waals surface area contributed by atoms with Crippen LogP contribution in [0.4, 0.5) is 11.4 Å². The van der Waals surface area contributed by atoms with Crippen molar-refractivity contribution in [2.45, 2.75) is 11.8 Å². The van der Waals surface area contributed by atoms with E-state index < -0.39 is 22.5 Å². The fourth-order valence-corrected chi connectivity index (χ4v) is 4.96. The van der Waals surface area contributed by atoms with Crippen molar-refractivity contribution in [3.63, 3.8) is 0 Å². The molecule has 1 aromatic heterocycles. The minimum atomic E-state index is -4.03. The molecule has 8 nitrogen and oxygen atoms in total. The molecule has 1 N–H and O–H groups in total. The number of anilines is 1. The summed E-state index contributed by atoms with van der Waals surface area (Å²) in [7, 11) is -2.36. The SMILES string of the molecule is Cc1cccc(N(CC(=O)N=Nc2c(O)n(C)c3ccccc23)S(=O)(=O)c2ccccc2)c1. The Morgan fingerprint density at radius 2 is 1.70 bits per heavy atom. The van der Waals surface area contributed by atoms with E-state index in [2.05, 4.69) is 10.2 Å². The average Bonchev–Trinajstić information content (AvgIpc) is 3.06. The first-order valence-corrected chi connectivity index (χ1v) is 11.6. The van der Waals surface area contributed by atoms with Crippen LogP contribution in [0.25, 0.3) is 10.9 Å². The predicted octanol–water partition coefficient (Wildman–Crippen LogP) is 4.70. The molecule has 0 radical (unpaired) electrons. The molecule has 3 aromatic carbocycles. The summed E-state index contributed by atoms with van der Waals surface area (Å²) in [6.45, 7) is 1.29. The van der Waals surface area contributed by atoms with Crippen LogP contribution in [0.1, 0.15) is 5.56 Å². The first-order chi connectivity index (χ1) is 15.8. The molecule has 0 saturated carbocycles. The second kappa shape index (κ2) is 8.87. The molecule has 9 heteroatoms. The number of amides is 1. The molecule has 0 aliphatic carbocycles. The highest BCUT2D eigenvalue weighted by Gasteiger charge is 2.27. The van der Waals surface area contributed by atoms with Gasteiger partial charge in [0.2, 0.25) is 5.88 Å². The number of nitrogens with zero attached hydrogens (tertiary/aromatic N) is 4. The second-order valence-corrected chi connectivity index (χ2v) is 9.37. The fourth-order valence-electron chi connectivity index (χ4n) is 3.54. The zero-order valence-electron chi connectivity index (χ0n) is 18.1. The van der Waals surface area contributed by atoms with Crippen molar-refractivity contribution in [3.8, 4) is 5.88 Å². The summed E-state index contributed by atoms with van der Waals surface area (Å²) >= 11 is 0. The summed E-state index contributed by atoms with van der Waals surface area (Å²) in [6, 6.07) is 21.9. The molecule has 4 aromatic rings. The number of benzene rings is 3. The number of sulfonamides is 1. The van der Waals surface area contributed by atoms with E-state index in [1.165, 1.54) is 16.7 Å². The Bertz CT molecular complexity index is 1460. The lowest BCUT2D eigenvalue weighted by molar-refractivity contribution is -0.116. The monoisotopic (exact) mass is 462 g/mol. The Balaban J connectivity index is 1.69. The third kappa shape index (κ3) is 4.35. The van der Waals surface area contributed by atoms with E-state index >= 15 is 0 Å². The standard InChI is InChI=1S/C24H22N4O4S/c1-17-9-8-10-18(15-17)28(33(31,32)19-11-4-3-5-12-19)16-22(29)25-26-23-20-13-6-7-14-21(20)27(2)24(23)30/h3-15,30H,16H2,1-2H3. The van der Waals surface area contributed by atoms with E-state index in [-0.39, 0.29) is 16.5 Å². The minimum absolute atomic E-state index is 0.0583. The zero-order chi connectivity index (χ0) is 23.6. The quantitative estimate of drug-likeness (QED) is 0.419. The van der Waals surface area contributed by atoms with Crippen LogP contribution < -0.4 is 4.31 Å². The van der Waals surface area contributed by atoms with Crippen LogP contribution in [0, 0.1) is 6.92 Å². The molecular formula is C24H22N4O4S. The van der Waals surface area contributed by atoms with E-state index in [9.17, 15) is 18.3 Å². The lowest BCUT2D eigenvalue weighted by Crippen LogP contribution is -2.35. The number of rotatable bonds is 6. The van der Waals surface area contributed by atoms with E-state index in [0.29, 0.717) is 11.1 Å². The lowest BCUT2D eigenvalue weighted by Gasteiger charge is -2.23. The Morgan fingerprint density at radius 3 is 2.42 bits per heavy atom. The number of aromatic hydroxyl groups is 1. The van der Waals surface area contributed by atoms with Gasteiger partial charge in [-0.2, -0.15) is 0 Å². The summed E-state index contributed by atoms with van der Waals surface area (Å²) in [6.07, 6.45) is 0. The molecular weight excluding hydrogens is 440 g/mol. The number of fused-ring (bicyclic) bond motifs is 1. The maximum Gasteiger partial charge on any atom is 0.285 e. The van der Waals surface area contributed by atoms with Gasteiger partial charge in [0.05, 0.1) is 16.1 Å². The first-order valence-electron chi connectivity index (χ1n) is 10.1. The summed E-state index contributed by atoms with van der Waals surface area (Å²) in [5.41, 5.74) is 2.06. The Hall–Kier alpha value is -3.98. The van der Waals surface area contributed by atoms with Crippen molar-refractivity contribution in [1.82, 2.24) is 4.57 Å². The van der Waals surface area contributed by atoms with Gasteiger partial charge in [0.25, 0.3) is 15.9 Å². The molecule has 0 unspecified atom stereocenters. The van der Waals surface area contributed by atoms with Crippen molar-refractivity contribution >= 4 is 38.2 Å². The molecule has 4 rings (SSSR count). The average molecular weight is 463 g/mol. The normalized spacial score (nSPS) is 11.8. The van der Waals surface area contributed by atoms with E-state index in [4.69, 9.17) is 0 Å². The summed E-state index contributed by atoms with van der Waals surface area (Å²) in [5, 5.41) is 18.7. The number of para-hydroxylation sites is 1. The number of aromatic nitrogens is 1. The molecule has 0 spiro atoms. The van der Waals surface area contributed by atoms with Gasteiger partial charge < -0.3 is 9.67 Å². The van der Waals surface area contributed by atoms with Crippen molar-refractivity contribution < 1.29 is 18.3 Å². The molecule has 0 fully saturated rings. The van der Waals surface area contributed by atoms with Crippen LogP contribution >= 0.6 is 0 Å². The van der Waals surface area contributed by atoms with Crippen LogP contribution in [-0.4, -0.2) is 30.5 Å². The number of carbonyl (C=O) groups excluding carboxylic acids is 1. The van der Waals surface area contributed by atoms with Crippen LogP contribution in [0.15, 0.2) is 94.0 Å². The highest BCUT2D eigenvalue weighted by Crippen LogP contribution is 2.37. The van der Waals surface area contributed by atoms with E-state index in [1.54, 1.807) is 55.6 Å². The van der Waals surface area contributed by atoms with Gasteiger partial charge in [-0.3, -0.25) is 9.10 Å². The van der Waals surface area contributed by atoms with E-state index in [0.717, 1.165) is 15.4 Å². The van der Waals surface area contributed by atoms with Crippen molar-refractivity contribution in [1.29, 1.82) is 0 Å². The van der Waals surface area contributed by atoms with Crippen LogP contribution in [0.3, 0.4) is 0 Å². The van der Waals surface area contributed by atoms with Crippen molar-refractivity contribution in [2.75, 3.05) is 10.8 Å². The lowest BCUT2D eigenvalue weighted by atomic mass is 10.2. The number of aryl methyl sites for hydroxylation is 2.